The van der Waals surface area contributed by atoms with E-state index in [0.717, 1.165) is 122 Å². The Balaban J connectivity index is 4.61. The highest BCUT2D eigenvalue weighted by molar-refractivity contribution is 5.71. The largest absolute Gasteiger partial charge is 0.462 e. The lowest BCUT2D eigenvalue weighted by Gasteiger charge is -2.18. The first-order valence-electron chi connectivity index (χ1n) is 23.9. The van der Waals surface area contributed by atoms with Gasteiger partial charge >= 0.3 is 17.9 Å². The van der Waals surface area contributed by atoms with Crippen molar-refractivity contribution in [2.24, 2.45) is 0 Å². The maximum Gasteiger partial charge on any atom is 0.306 e. The van der Waals surface area contributed by atoms with Crippen molar-refractivity contribution in [3.8, 4) is 0 Å². The van der Waals surface area contributed by atoms with Crippen molar-refractivity contribution in [3.63, 3.8) is 0 Å². The van der Waals surface area contributed by atoms with Gasteiger partial charge < -0.3 is 14.2 Å². The highest BCUT2D eigenvalue weighted by atomic mass is 16.6. The number of unbranched alkanes of at least 4 members (excludes halogenated alkanes) is 10. The normalized spacial score (nSPS) is 13.4. The van der Waals surface area contributed by atoms with Crippen molar-refractivity contribution in [2.75, 3.05) is 13.2 Å². The summed E-state index contributed by atoms with van der Waals surface area (Å²) < 4.78 is 16.6. The Labute approximate surface area is 378 Å². The first kappa shape index (κ1) is 57.3. The van der Waals surface area contributed by atoms with Crippen molar-refractivity contribution >= 4 is 17.9 Å². The molecule has 0 saturated carbocycles. The molecule has 0 bridgehead atoms. The van der Waals surface area contributed by atoms with Gasteiger partial charge in [0.2, 0.25) is 0 Å². The van der Waals surface area contributed by atoms with Gasteiger partial charge in [0.1, 0.15) is 13.2 Å². The number of carbonyl (C=O) groups excluding carboxylic acids is 3. The van der Waals surface area contributed by atoms with Gasteiger partial charge in [-0.2, -0.15) is 0 Å². The molecule has 0 radical (unpaired) electrons. The minimum absolute atomic E-state index is 0.128. The summed E-state index contributed by atoms with van der Waals surface area (Å²) in [5, 5.41) is 0. The van der Waals surface area contributed by atoms with Crippen LogP contribution in [0.4, 0.5) is 0 Å². The van der Waals surface area contributed by atoms with Gasteiger partial charge in [-0.3, -0.25) is 14.4 Å². The van der Waals surface area contributed by atoms with Gasteiger partial charge in [-0.05, 0) is 89.9 Å². The van der Waals surface area contributed by atoms with Crippen LogP contribution in [0.15, 0.2) is 146 Å². The summed E-state index contributed by atoms with van der Waals surface area (Å²) in [6.07, 6.45) is 69.8. The fourth-order valence-electron chi connectivity index (χ4n) is 5.73. The van der Waals surface area contributed by atoms with Gasteiger partial charge in [0.25, 0.3) is 0 Å². The van der Waals surface area contributed by atoms with Crippen LogP contribution in [0, 0.1) is 0 Å². The van der Waals surface area contributed by atoms with Crippen LogP contribution in [0.1, 0.15) is 168 Å². The molecule has 62 heavy (non-hydrogen) atoms. The van der Waals surface area contributed by atoms with Gasteiger partial charge in [-0.15, -0.1) is 0 Å². The molecule has 0 aliphatic heterocycles. The van der Waals surface area contributed by atoms with Gasteiger partial charge in [0.15, 0.2) is 6.10 Å². The van der Waals surface area contributed by atoms with Gasteiger partial charge in [0.05, 0.1) is 0 Å². The number of carbonyl (C=O) groups is 3. The molecule has 6 heteroatoms. The summed E-state index contributed by atoms with van der Waals surface area (Å²) in [6, 6.07) is 0. The Morgan fingerprint density at radius 1 is 0.339 bits per heavy atom. The first-order valence-corrected chi connectivity index (χ1v) is 23.9. The smallest absolute Gasteiger partial charge is 0.306 e. The molecule has 0 aromatic rings. The molecule has 0 fully saturated rings. The van der Waals surface area contributed by atoms with Crippen LogP contribution in [-0.4, -0.2) is 37.2 Å². The quantitative estimate of drug-likeness (QED) is 0.0201. The molecule has 6 nitrogen and oxygen atoms in total. The number of rotatable bonds is 40. The lowest BCUT2D eigenvalue weighted by Crippen LogP contribution is -2.30. The zero-order valence-corrected chi connectivity index (χ0v) is 39.1. The zero-order valence-electron chi connectivity index (χ0n) is 39.1. The number of hydrogen-bond donors (Lipinski definition) is 0. The Kier molecular flexibility index (Phi) is 45.2. The summed E-state index contributed by atoms with van der Waals surface area (Å²) in [5.41, 5.74) is 0. The Bertz CT molecular complexity index is 1440. The van der Waals surface area contributed by atoms with Crippen molar-refractivity contribution < 1.29 is 28.6 Å². The SMILES string of the molecule is CC\C=C/C=C\C=C/C=C\CCCCCCCC(=O)OC(COC(=O)CC/C=C\C/C=C\C/C=C\C/C=C\C/C=C\CC)COC(=O)CCCCCCC\C=C/C=C\C=C/CC. The van der Waals surface area contributed by atoms with E-state index in [4.69, 9.17) is 14.2 Å². The second-order valence-corrected chi connectivity index (χ2v) is 15.0. The number of esters is 3. The van der Waals surface area contributed by atoms with Gasteiger partial charge in [0, 0.05) is 19.3 Å². The van der Waals surface area contributed by atoms with E-state index in [-0.39, 0.29) is 44.0 Å². The monoisotopic (exact) mass is 853 g/mol. The zero-order chi connectivity index (χ0) is 45.1. The Morgan fingerprint density at radius 2 is 0.694 bits per heavy atom. The van der Waals surface area contributed by atoms with E-state index < -0.39 is 6.10 Å². The molecule has 0 saturated heterocycles. The molecule has 344 valence electrons. The number of ether oxygens (including phenoxy) is 3. The summed E-state index contributed by atoms with van der Waals surface area (Å²) in [4.78, 5) is 37.9. The van der Waals surface area contributed by atoms with E-state index in [1.807, 2.05) is 42.5 Å². The minimum atomic E-state index is -0.834. The molecular weight excluding hydrogens is 769 g/mol. The molecule has 0 N–H and O–H groups in total. The topological polar surface area (TPSA) is 78.9 Å². The highest BCUT2D eigenvalue weighted by Gasteiger charge is 2.19. The van der Waals surface area contributed by atoms with E-state index in [0.29, 0.717) is 12.8 Å². The fourth-order valence-corrected chi connectivity index (χ4v) is 5.73. The molecule has 0 aliphatic carbocycles. The second-order valence-electron chi connectivity index (χ2n) is 15.0. The van der Waals surface area contributed by atoms with Gasteiger partial charge in [-0.25, -0.2) is 0 Å². The maximum atomic E-state index is 12.8. The molecule has 0 aromatic carbocycles. The second kappa shape index (κ2) is 49.0. The van der Waals surface area contributed by atoms with Crippen molar-refractivity contribution in [3.05, 3.63) is 146 Å². The molecule has 1 unspecified atom stereocenters. The third-order valence-electron chi connectivity index (χ3n) is 9.24. The van der Waals surface area contributed by atoms with Crippen molar-refractivity contribution in [2.45, 2.75) is 175 Å². The fraction of sp³-hybridized carbons (Fsp3) is 0.518. The molecule has 0 heterocycles. The predicted molar refractivity (Wildman–Crippen MR) is 265 cm³/mol. The van der Waals surface area contributed by atoms with E-state index in [2.05, 4.69) is 124 Å². The van der Waals surface area contributed by atoms with E-state index >= 15 is 0 Å². The van der Waals surface area contributed by atoms with Crippen LogP contribution >= 0.6 is 0 Å². The standard InChI is InChI=1S/C56H84O6/c1-4-7-10-13-16-19-22-25-27-29-31-34-37-40-43-46-49-55(58)61-52-53(51-60-54(57)48-45-42-39-36-33-30-24-21-18-15-12-9-6-3)62-56(59)50-47-44-41-38-35-32-28-26-23-20-17-14-11-8-5-2/h7-12,14-21,23-28,31,34,40,43,53H,4-6,13,22,29-30,32-33,35-39,41-42,44-52H2,1-3H3/b10-7-,11-8-,12-9-,17-14-,18-15-,19-16-,23-20-,24-21-,27-25-,28-26-,34-31-,43-40-. The minimum Gasteiger partial charge on any atom is -0.462 e. The molecule has 0 rings (SSSR count). The van der Waals surface area contributed by atoms with E-state index in [1.165, 1.54) is 0 Å². The summed E-state index contributed by atoms with van der Waals surface area (Å²) in [5.74, 6) is -1.07. The van der Waals surface area contributed by atoms with Crippen molar-refractivity contribution in [1.29, 1.82) is 0 Å². The number of hydrogen-bond acceptors (Lipinski definition) is 6. The predicted octanol–water partition coefficient (Wildman–Crippen LogP) is 15.7. The molecular formula is C56H84O6. The summed E-state index contributed by atoms with van der Waals surface area (Å²) >= 11 is 0. The van der Waals surface area contributed by atoms with Crippen molar-refractivity contribution in [1.82, 2.24) is 0 Å². The Hall–Kier alpha value is -4.71. The van der Waals surface area contributed by atoms with Gasteiger partial charge in [-0.1, -0.05) is 205 Å². The average Bonchev–Trinajstić information content (AvgIpc) is 3.27. The first-order chi connectivity index (χ1) is 30.5. The van der Waals surface area contributed by atoms with Crippen LogP contribution in [0.25, 0.3) is 0 Å². The third-order valence-corrected chi connectivity index (χ3v) is 9.24. The summed E-state index contributed by atoms with van der Waals surface area (Å²) in [6.45, 7) is 6.11. The molecule has 0 aromatic heterocycles. The van der Waals surface area contributed by atoms with E-state index in [9.17, 15) is 14.4 Å². The molecule has 1 atom stereocenters. The van der Waals surface area contributed by atoms with Crippen LogP contribution < -0.4 is 0 Å². The summed E-state index contributed by atoms with van der Waals surface area (Å²) in [7, 11) is 0. The molecule has 0 amide bonds. The van der Waals surface area contributed by atoms with E-state index in [1.54, 1.807) is 0 Å². The highest BCUT2D eigenvalue weighted by Crippen LogP contribution is 2.12. The maximum absolute atomic E-state index is 12.8. The third kappa shape index (κ3) is 46.4. The van der Waals surface area contributed by atoms with Crippen LogP contribution in [0.3, 0.4) is 0 Å². The Morgan fingerprint density at radius 3 is 1.16 bits per heavy atom. The lowest BCUT2D eigenvalue weighted by molar-refractivity contribution is -0.166. The number of allylic oxidation sites excluding steroid dienone is 24. The van der Waals surface area contributed by atoms with Crippen LogP contribution in [0.2, 0.25) is 0 Å². The lowest BCUT2D eigenvalue weighted by atomic mass is 10.1. The molecule has 0 aliphatic rings. The molecule has 0 spiro atoms. The average molecular weight is 853 g/mol. The van der Waals surface area contributed by atoms with Crippen LogP contribution in [-0.2, 0) is 28.6 Å². The van der Waals surface area contributed by atoms with Crippen LogP contribution in [0.5, 0.6) is 0 Å².